The van der Waals surface area contributed by atoms with Gasteiger partial charge in [0.25, 0.3) is 0 Å². The van der Waals surface area contributed by atoms with E-state index in [1.165, 1.54) is 18.2 Å². The molecule has 0 unspecified atom stereocenters. The fourth-order valence-corrected chi connectivity index (χ4v) is 3.00. The van der Waals surface area contributed by atoms with Crippen LogP contribution in [0.1, 0.15) is 23.1 Å². The summed E-state index contributed by atoms with van der Waals surface area (Å²) in [5.41, 5.74) is 1.35. The number of carbonyl (C=O) groups is 1. The van der Waals surface area contributed by atoms with Crippen LogP contribution in [0, 0.1) is 12.7 Å². The van der Waals surface area contributed by atoms with Gasteiger partial charge in [-0.25, -0.2) is 9.18 Å². The number of carbonyl (C=O) groups excluding carboxylic acids is 1. The Morgan fingerprint density at radius 3 is 2.74 bits per heavy atom. The van der Waals surface area contributed by atoms with Crippen LogP contribution in [0.5, 0.6) is 5.75 Å². The first kappa shape index (κ1) is 18.9. The zero-order valence-electron chi connectivity index (χ0n) is 14.4. The van der Waals surface area contributed by atoms with E-state index in [0.717, 1.165) is 0 Å². The molecular weight excluding hydrogens is 375 g/mol. The third kappa shape index (κ3) is 4.28. The molecule has 140 valence electrons. The number of carboxylic acids is 1. The maximum Gasteiger partial charge on any atom is 0.339 e. The normalized spacial score (nSPS) is 10.9. The van der Waals surface area contributed by atoms with Gasteiger partial charge in [0, 0.05) is 28.5 Å². The zero-order chi connectivity index (χ0) is 19.6. The smallest absolute Gasteiger partial charge is 0.339 e. The van der Waals surface area contributed by atoms with E-state index < -0.39 is 17.4 Å². The van der Waals surface area contributed by atoms with E-state index >= 15 is 0 Å². The predicted octanol–water partition coefficient (Wildman–Crippen LogP) is 3.16. The fourth-order valence-electron chi connectivity index (χ4n) is 2.78. The largest absolute Gasteiger partial charge is 0.550 e. The Kier molecular flexibility index (Phi) is 5.46. The molecule has 3 rings (SSSR count). The molecule has 0 atom stereocenters. The van der Waals surface area contributed by atoms with Crippen molar-refractivity contribution in [3.05, 3.63) is 74.3 Å². The molecule has 1 aromatic heterocycles. The van der Waals surface area contributed by atoms with Crippen LogP contribution in [0.2, 0.25) is 5.02 Å². The summed E-state index contributed by atoms with van der Waals surface area (Å²) in [6.45, 7) is 1.86. The van der Waals surface area contributed by atoms with Crippen LogP contribution in [-0.4, -0.2) is 5.97 Å². The van der Waals surface area contributed by atoms with E-state index in [1.807, 2.05) is 0 Å². The van der Waals surface area contributed by atoms with E-state index in [4.69, 9.17) is 20.8 Å². The Morgan fingerprint density at radius 2 is 2.04 bits per heavy atom. The average Bonchev–Trinajstić information content (AvgIpc) is 2.60. The molecule has 5 nitrogen and oxygen atoms in total. The first-order valence-corrected chi connectivity index (χ1v) is 8.56. The summed E-state index contributed by atoms with van der Waals surface area (Å²) in [7, 11) is 0. The molecule has 1 heterocycles. The second-order valence-corrected chi connectivity index (χ2v) is 6.45. The zero-order valence-corrected chi connectivity index (χ0v) is 15.1. The molecule has 0 fully saturated rings. The highest BCUT2D eigenvalue weighted by Crippen LogP contribution is 2.26. The lowest BCUT2D eigenvalue weighted by Crippen LogP contribution is -2.24. The van der Waals surface area contributed by atoms with Crippen molar-refractivity contribution in [3.63, 3.8) is 0 Å². The van der Waals surface area contributed by atoms with Crippen LogP contribution in [0.25, 0.3) is 11.0 Å². The Balaban J connectivity index is 1.86. The average molecular weight is 390 g/mol. The minimum absolute atomic E-state index is 0.0494. The summed E-state index contributed by atoms with van der Waals surface area (Å²) in [6.07, 6.45) is -0.204. The van der Waals surface area contributed by atoms with E-state index in [-0.39, 0.29) is 24.5 Å². The summed E-state index contributed by atoms with van der Waals surface area (Å²) in [4.78, 5) is 22.8. The second-order valence-electron chi connectivity index (χ2n) is 6.05. The van der Waals surface area contributed by atoms with Gasteiger partial charge in [-0.1, -0.05) is 17.7 Å². The molecule has 0 saturated heterocycles. The third-order valence-electron chi connectivity index (χ3n) is 4.25. The first-order chi connectivity index (χ1) is 12.8. The van der Waals surface area contributed by atoms with Crippen molar-refractivity contribution in [1.82, 2.24) is 0 Å². The van der Waals surface area contributed by atoms with E-state index in [1.54, 1.807) is 25.1 Å². The standard InChI is InChI=1S/C20H16ClFO5/c1-11-15-5-4-14(26-10-12-2-3-13(22)8-17(12)21)9-18(15)27-20(25)16(11)6-7-19(23)24/h2-5,8-9H,6-7,10H2,1H3,(H,23,24)/p-1. The van der Waals surface area contributed by atoms with E-state index in [0.29, 0.717) is 33.4 Å². The Morgan fingerprint density at radius 1 is 1.26 bits per heavy atom. The highest BCUT2D eigenvalue weighted by molar-refractivity contribution is 6.31. The summed E-state index contributed by atoms with van der Waals surface area (Å²) in [6, 6.07) is 9.04. The molecule has 7 heteroatoms. The monoisotopic (exact) mass is 389 g/mol. The summed E-state index contributed by atoms with van der Waals surface area (Å²) in [5, 5.41) is 11.6. The Bertz CT molecular complexity index is 1070. The quantitative estimate of drug-likeness (QED) is 0.605. The molecule has 0 saturated carbocycles. The second kappa shape index (κ2) is 7.80. The number of carboxylic acid groups (broad SMARTS) is 1. The minimum atomic E-state index is -1.22. The van der Waals surface area contributed by atoms with Gasteiger partial charge in [-0.3, -0.25) is 0 Å². The van der Waals surface area contributed by atoms with Gasteiger partial charge in [-0.2, -0.15) is 0 Å². The third-order valence-corrected chi connectivity index (χ3v) is 4.60. The van der Waals surface area contributed by atoms with Gasteiger partial charge >= 0.3 is 5.63 Å². The number of benzene rings is 2. The van der Waals surface area contributed by atoms with Crippen LogP contribution in [-0.2, 0) is 17.8 Å². The van der Waals surface area contributed by atoms with Crippen molar-refractivity contribution in [2.24, 2.45) is 0 Å². The molecule has 0 bridgehead atoms. The minimum Gasteiger partial charge on any atom is -0.550 e. The molecule has 27 heavy (non-hydrogen) atoms. The van der Waals surface area contributed by atoms with Crippen molar-refractivity contribution in [1.29, 1.82) is 0 Å². The van der Waals surface area contributed by atoms with Crippen molar-refractivity contribution in [2.75, 3.05) is 0 Å². The highest BCUT2D eigenvalue weighted by atomic mass is 35.5. The molecule has 0 N–H and O–H groups in total. The summed E-state index contributed by atoms with van der Waals surface area (Å²) in [5.74, 6) is -1.20. The molecular formula is C20H15ClFO5-. The van der Waals surface area contributed by atoms with Gasteiger partial charge in [0.2, 0.25) is 0 Å². The van der Waals surface area contributed by atoms with Gasteiger partial charge in [0.05, 0.1) is 5.02 Å². The van der Waals surface area contributed by atoms with Crippen molar-refractivity contribution < 1.29 is 23.4 Å². The molecule has 0 radical (unpaired) electrons. The SMILES string of the molecule is Cc1c(CCC(=O)[O-])c(=O)oc2cc(OCc3ccc(F)cc3Cl)ccc12. The number of hydrogen-bond donors (Lipinski definition) is 0. The van der Waals surface area contributed by atoms with Crippen molar-refractivity contribution >= 4 is 28.5 Å². The van der Waals surface area contributed by atoms with E-state index in [9.17, 15) is 19.1 Å². The molecule has 0 amide bonds. The summed E-state index contributed by atoms with van der Waals surface area (Å²) < 4.78 is 24.1. The molecule has 0 aliphatic heterocycles. The number of halogens is 2. The fraction of sp³-hybridized carbons (Fsp3) is 0.200. The van der Waals surface area contributed by atoms with Gasteiger partial charge < -0.3 is 19.1 Å². The number of rotatable bonds is 6. The first-order valence-electron chi connectivity index (χ1n) is 8.18. The van der Waals surface area contributed by atoms with Gasteiger partial charge in [-0.05, 0) is 49.6 Å². The molecule has 0 spiro atoms. The number of ether oxygens (including phenoxy) is 1. The predicted molar refractivity (Wildman–Crippen MR) is 96.3 cm³/mol. The van der Waals surface area contributed by atoms with Crippen molar-refractivity contribution in [2.45, 2.75) is 26.4 Å². The lowest BCUT2D eigenvalue weighted by atomic mass is 10.0. The number of aryl methyl sites for hydroxylation is 1. The van der Waals surface area contributed by atoms with Crippen LogP contribution in [0.3, 0.4) is 0 Å². The topological polar surface area (TPSA) is 79.6 Å². The number of fused-ring (bicyclic) bond motifs is 1. The molecule has 0 aliphatic rings. The van der Waals surface area contributed by atoms with Crippen LogP contribution in [0.15, 0.2) is 45.6 Å². The van der Waals surface area contributed by atoms with Crippen LogP contribution >= 0.6 is 11.6 Å². The lowest BCUT2D eigenvalue weighted by Gasteiger charge is -2.11. The molecule has 0 aliphatic carbocycles. The Labute approximate surface area is 158 Å². The maximum absolute atomic E-state index is 13.1. The van der Waals surface area contributed by atoms with Gasteiger partial charge in [-0.15, -0.1) is 0 Å². The van der Waals surface area contributed by atoms with Crippen LogP contribution in [0.4, 0.5) is 4.39 Å². The lowest BCUT2D eigenvalue weighted by molar-refractivity contribution is -0.305. The number of hydrogen-bond acceptors (Lipinski definition) is 5. The molecule has 3 aromatic rings. The maximum atomic E-state index is 13.1. The summed E-state index contributed by atoms with van der Waals surface area (Å²) >= 11 is 5.98. The Hall–Kier alpha value is -2.86. The highest BCUT2D eigenvalue weighted by Gasteiger charge is 2.12. The number of aliphatic carboxylic acids is 1. The van der Waals surface area contributed by atoms with Crippen molar-refractivity contribution in [3.8, 4) is 5.75 Å². The van der Waals surface area contributed by atoms with Crippen LogP contribution < -0.4 is 15.5 Å². The van der Waals surface area contributed by atoms with Gasteiger partial charge in [0.15, 0.2) is 0 Å². The van der Waals surface area contributed by atoms with E-state index in [2.05, 4.69) is 0 Å². The molecule has 2 aromatic carbocycles. The van der Waals surface area contributed by atoms with Gasteiger partial charge in [0.1, 0.15) is 23.8 Å².